The predicted octanol–water partition coefficient (Wildman–Crippen LogP) is 2.42. The van der Waals surface area contributed by atoms with Crippen LogP contribution in [0.15, 0.2) is 36.5 Å². The SMILES string of the molecule is Cc1nccc(NC(C)c2ccc(CN)cc2)n1. The number of nitrogens with two attached hydrogens (primary N) is 1. The smallest absolute Gasteiger partial charge is 0.130 e. The molecule has 0 fully saturated rings. The lowest BCUT2D eigenvalue weighted by atomic mass is 10.1. The van der Waals surface area contributed by atoms with Crippen LogP contribution >= 0.6 is 0 Å². The van der Waals surface area contributed by atoms with Crippen LogP contribution in [0.2, 0.25) is 0 Å². The summed E-state index contributed by atoms with van der Waals surface area (Å²) in [6.45, 7) is 4.56. The number of hydrogen-bond donors (Lipinski definition) is 2. The van der Waals surface area contributed by atoms with Gasteiger partial charge in [-0.1, -0.05) is 24.3 Å². The monoisotopic (exact) mass is 242 g/mol. The minimum absolute atomic E-state index is 0.200. The Labute approximate surface area is 107 Å². The lowest BCUT2D eigenvalue weighted by Crippen LogP contribution is -2.09. The van der Waals surface area contributed by atoms with E-state index in [0.29, 0.717) is 6.54 Å². The summed E-state index contributed by atoms with van der Waals surface area (Å²) in [5.74, 6) is 1.61. The number of benzene rings is 1. The Morgan fingerprint density at radius 3 is 2.56 bits per heavy atom. The lowest BCUT2D eigenvalue weighted by molar-refractivity contribution is 0.865. The third-order valence-corrected chi connectivity index (χ3v) is 2.86. The Balaban J connectivity index is 2.09. The highest BCUT2D eigenvalue weighted by Crippen LogP contribution is 2.18. The van der Waals surface area contributed by atoms with E-state index < -0.39 is 0 Å². The third-order valence-electron chi connectivity index (χ3n) is 2.86. The second-order valence-corrected chi connectivity index (χ2v) is 4.30. The van der Waals surface area contributed by atoms with Crippen LogP contribution < -0.4 is 11.1 Å². The first-order valence-electron chi connectivity index (χ1n) is 6.04. The second kappa shape index (κ2) is 5.60. The van der Waals surface area contributed by atoms with E-state index in [4.69, 9.17) is 5.73 Å². The Kier molecular flexibility index (Phi) is 3.89. The number of nitrogens with zero attached hydrogens (tertiary/aromatic N) is 2. The normalized spacial score (nSPS) is 12.2. The molecule has 1 unspecified atom stereocenters. The van der Waals surface area contributed by atoms with Crippen LogP contribution in [0.25, 0.3) is 0 Å². The number of rotatable bonds is 4. The Bertz CT molecular complexity index is 507. The average molecular weight is 242 g/mol. The van der Waals surface area contributed by atoms with Crippen LogP contribution in [-0.2, 0) is 6.54 Å². The zero-order valence-electron chi connectivity index (χ0n) is 10.7. The van der Waals surface area contributed by atoms with E-state index in [2.05, 4.69) is 46.5 Å². The van der Waals surface area contributed by atoms with Crippen molar-refractivity contribution in [3.05, 3.63) is 53.5 Å². The van der Waals surface area contributed by atoms with Gasteiger partial charge in [0.15, 0.2) is 0 Å². The number of aryl methyl sites for hydroxylation is 1. The Hall–Kier alpha value is -1.94. The molecule has 3 N–H and O–H groups in total. The van der Waals surface area contributed by atoms with Gasteiger partial charge in [0.05, 0.1) is 0 Å². The summed E-state index contributed by atoms with van der Waals surface area (Å²) in [5, 5.41) is 3.35. The van der Waals surface area contributed by atoms with Gasteiger partial charge in [-0.05, 0) is 31.0 Å². The molecule has 18 heavy (non-hydrogen) atoms. The molecule has 2 rings (SSSR count). The van der Waals surface area contributed by atoms with Gasteiger partial charge in [0.25, 0.3) is 0 Å². The molecule has 0 aliphatic rings. The fourth-order valence-electron chi connectivity index (χ4n) is 1.78. The van der Waals surface area contributed by atoms with Crippen LogP contribution in [-0.4, -0.2) is 9.97 Å². The largest absolute Gasteiger partial charge is 0.363 e. The molecule has 4 nitrogen and oxygen atoms in total. The van der Waals surface area contributed by atoms with Gasteiger partial charge in [-0.3, -0.25) is 0 Å². The van der Waals surface area contributed by atoms with Crippen LogP contribution in [0, 0.1) is 6.92 Å². The van der Waals surface area contributed by atoms with Gasteiger partial charge in [0, 0.05) is 18.8 Å². The molecule has 1 heterocycles. The Morgan fingerprint density at radius 2 is 1.94 bits per heavy atom. The number of anilines is 1. The number of aromatic nitrogens is 2. The summed E-state index contributed by atoms with van der Waals surface area (Å²) in [4.78, 5) is 8.41. The number of nitrogens with one attached hydrogen (secondary N) is 1. The van der Waals surface area contributed by atoms with E-state index in [1.165, 1.54) is 5.56 Å². The molecule has 0 bridgehead atoms. The van der Waals surface area contributed by atoms with Crippen molar-refractivity contribution in [1.29, 1.82) is 0 Å². The molecule has 0 aliphatic heterocycles. The van der Waals surface area contributed by atoms with Crippen LogP contribution in [0.5, 0.6) is 0 Å². The summed E-state index contributed by atoms with van der Waals surface area (Å²) < 4.78 is 0. The highest BCUT2D eigenvalue weighted by molar-refractivity contribution is 5.37. The van der Waals surface area contributed by atoms with E-state index >= 15 is 0 Å². The molecule has 4 heteroatoms. The van der Waals surface area contributed by atoms with E-state index in [1.54, 1.807) is 6.20 Å². The van der Waals surface area contributed by atoms with Crippen molar-refractivity contribution in [2.24, 2.45) is 5.73 Å². The van der Waals surface area contributed by atoms with Crippen molar-refractivity contribution < 1.29 is 0 Å². The predicted molar refractivity (Wildman–Crippen MR) is 73.1 cm³/mol. The van der Waals surface area contributed by atoms with Gasteiger partial charge >= 0.3 is 0 Å². The minimum Gasteiger partial charge on any atom is -0.363 e. The molecule has 1 aromatic carbocycles. The summed E-state index contributed by atoms with van der Waals surface area (Å²) >= 11 is 0. The van der Waals surface area contributed by atoms with Crippen molar-refractivity contribution in [2.75, 3.05) is 5.32 Å². The first-order valence-corrected chi connectivity index (χ1v) is 6.04. The molecule has 0 spiro atoms. The quantitative estimate of drug-likeness (QED) is 0.864. The summed E-state index contributed by atoms with van der Waals surface area (Å²) in [7, 11) is 0. The number of hydrogen-bond acceptors (Lipinski definition) is 4. The Morgan fingerprint density at radius 1 is 1.22 bits per heavy atom. The third kappa shape index (κ3) is 3.05. The van der Waals surface area contributed by atoms with Crippen LogP contribution in [0.3, 0.4) is 0 Å². The van der Waals surface area contributed by atoms with E-state index in [0.717, 1.165) is 17.2 Å². The molecule has 2 aromatic rings. The zero-order chi connectivity index (χ0) is 13.0. The zero-order valence-corrected chi connectivity index (χ0v) is 10.7. The molecule has 0 amide bonds. The van der Waals surface area contributed by atoms with Gasteiger partial charge in [-0.25, -0.2) is 9.97 Å². The fraction of sp³-hybridized carbons (Fsp3) is 0.286. The maximum Gasteiger partial charge on any atom is 0.130 e. The summed E-state index contributed by atoms with van der Waals surface area (Å²) in [5.41, 5.74) is 7.94. The highest BCUT2D eigenvalue weighted by atomic mass is 15.0. The molecular weight excluding hydrogens is 224 g/mol. The van der Waals surface area contributed by atoms with E-state index in [-0.39, 0.29) is 6.04 Å². The van der Waals surface area contributed by atoms with E-state index in [1.807, 2.05) is 13.0 Å². The fourth-order valence-corrected chi connectivity index (χ4v) is 1.78. The van der Waals surface area contributed by atoms with Crippen LogP contribution in [0.4, 0.5) is 5.82 Å². The second-order valence-electron chi connectivity index (χ2n) is 4.30. The molecular formula is C14H18N4. The van der Waals surface area contributed by atoms with Crippen molar-refractivity contribution in [3.8, 4) is 0 Å². The molecule has 94 valence electrons. The molecule has 0 aliphatic carbocycles. The van der Waals surface area contributed by atoms with Crippen molar-refractivity contribution in [1.82, 2.24) is 9.97 Å². The first-order chi connectivity index (χ1) is 8.69. The van der Waals surface area contributed by atoms with Gasteiger partial charge in [0.1, 0.15) is 11.6 Å². The average Bonchev–Trinajstić information content (AvgIpc) is 2.39. The topological polar surface area (TPSA) is 63.8 Å². The maximum absolute atomic E-state index is 5.58. The molecule has 1 atom stereocenters. The first kappa shape index (κ1) is 12.5. The van der Waals surface area contributed by atoms with Crippen LogP contribution in [0.1, 0.15) is 29.9 Å². The van der Waals surface area contributed by atoms with Crippen molar-refractivity contribution in [3.63, 3.8) is 0 Å². The maximum atomic E-state index is 5.58. The van der Waals surface area contributed by atoms with Crippen molar-refractivity contribution >= 4 is 5.82 Å². The minimum atomic E-state index is 0.200. The van der Waals surface area contributed by atoms with Gasteiger partial charge < -0.3 is 11.1 Å². The summed E-state index contributed by atoms with van der Waals surface area (Å²) in [6.07, 6.45) is 1.76. The molecule has 0 saturated heterocycles. The standard InChI is InChI=1S/C14H18N4/c1-10(13-5-3-12(9-15)4-6-13)17-14-7-8-16-11(2)18-14/h3-8,10H,9,15H2,1-2H3,(H,16,17,18). The molecule has 0 radical (unpaired) electrons. The van der Waals surface area contributed by atoms with Crippen molar-refractivity contribution in [2.45, 2.75) is 26.4 Å². The van der Waals surface area contributed by atoms with Gasteiger partial charge in [-0.15, -0.1) is 0 Å². The molecule has 0 saturated carbocycles. The highest BCUT2D eigenvalue weighted by Gasteiger charge is 2.06. The van der Waals surface area contributed by atoms with Gasteiger partial charge in [0.2, 0.25) is 0 Å². The van der Waals surface area contributed by atoms with Gasteiger partial charge in [-0.2, -0.15) is 0 Å². The molecule has 1 aromatic heterocycles. The summed E-state index contributed by atoms with van der Waals surface area (Å²) in [6, 6.07) is 10.4. The lowest BCUT2D eigenvalue weighted by Gasteiger charge is -2.15. The van der Waals surface area contributed by atoms with E-state index in [9.17, 15) is 0 Å².